The molecule has 0 bridgehead atoms. The molecule has 0 radical (unpaired) electrons. The topological polar surface area (TPSA) is 32.9 Å². The minimum atomic E-state index is 0.158. The van der Waals surface area contributed by atoms with Gasteiger partial charge in [-0.1, -0.05) is 13.3 Å². The molecular formula is C12H17NO. The highest BCUT2D eigenvalue weighted by Gasteiger charge is 2.13. The van der Waals surface area contributed by atoms with Gasteiger partial charge in [-0.2, -0.15) is 0 Å². The molecule has 76 valence electrons. The zero-order valence-electron chi connectivity index (χ0n) is 8.73. The van der Waals surface area contributed by atoms with Crippen LogP contribution in [0.3, 0.4) is 0 Å². The van der Waals surface area contributed by atoms with Crippen molar-refractivity contribution in [1.29, 1.82) is 0 Å². The van der Waals surface area contributed by atoms with E-state index >= 15 is 0 Å². The van der Waals surface area contributed by atoms with E-state index < -0.39 is 0 Å². The highest BCUT2D eigenvalue weighted by atomic mass is 16.1. The lowest BCUT2D eigenvalue weighted by atomic mass is 9.92. The first-order valence-corrected chi connectivity index (χ1v) is 5.55. The molecule has 0 aromatic carbocycles. The van der Waals surface area contributed by atoms with E-state index in [0.717, 1.165) is 36.9 Å². The second-order valence-electron chi connectivity index (χ2n) is 4.08. The Balaban J connectivity index is 2.41. The highest BCUT2D eigenvalue weighted by Crippen LogP contribution is 2.18. The van der Waals surface area contributed by atoms with Gasteiger partial charge in [-0.15, -0.1) is 0 Å². The standard InChI is InChI=1S/C12H17NO/c1-2-5-10-8-9-6-3-4-7-11(9)12(14)13-10/h8H,2-7H2,1H3,(H,13,14). The number of hydrogen-bond donors (Lipinski definition) is 1. The molecule has 0 atom stereocenters. The van der Waals surface area contributed by atoms with Crippen molar-refractivity contribution in [2.24, 2.45) is 0 Å². The highest BCUT2D eigenvalue weighted by molar-refractivity contribution is 5.29. The van der Waals surface area contributed by atoms with E-state index in [2.05, 4.69) is 18.0 Å². The maximum atomic E-state index is 11.7. The van der Waals surface area contributed by atoms with Gasteiger partial charge in [-0.3, -0.25) is 4.79 Å². The Kier molecular flexibility index (Phi) is 2.71. The number of pyridine rings is 1. The van der Waals surface area contributed by atoms with Gasteiger partial charge in [-0.05, 0) is 43.7 Å². The molecule has 1 heterocycles. The lowest BCUT2D eigenvalue weighted by Gasteiger charge is -2.15. The van der Waals surface area contributed by atoms with Crippen molar-refractivity contribution in [2.45, 2.75) is 45.4 Å². The van der Waals surface area contributed by atoms with E-state index in [0.29, 0.717) is 0 Å². The third-order valence-corrected chi connectivity index (χ3v) is 2.93. The Morgan fingerprint density at radius 2 is 2.14 bits per heavy atom. The van der Waals surface area contributed by atoms with Gasteiger partial charge in [0, 0.05) is 11.3 Å². The molecule has 0 aliphatic heterocycles. The summed E-state index contributed by atoms with van der Waals surface area (Å²) in [6.45, 7) is 2.14. The van der Waals surface area contributed by atoms with Crippen LogP contribution in [0, 0.1) is 0 Å². The first-order chi connectivity index (χ1) is 6.81. The summed E-state index contributed by atoms with van der Waals surface area (Å²) >= 11 is 0. The maximum absolute atomic E-state index is 11.7. The van der Waals surface area contributed by atoms with Crippen molar-refractivity contribution < 1.29 is 0 Å². The summed E-state index contributed by atoms with van der Waals surface area (Å²) in [5, 5.41) is 0. The molecule has 2 nitrogen and oxygen atoms in total. The summed E-state index contributed by atoms with van der Waals surface area (Å²) in [6, 6.07) is 2.19. The van der Waals surface area contributed by atoms with Crippen LogP contribution in [0.2, 0.25) is 0 Å². The number of aryl methyl sites for hydroxylation is 2. The van der Waals surface area contributed by atoms with Crippen LogP contribution < -0.4 is 5.56 Å². The first-order valence-electron chi connectivity index (χ1n) is 5.55. The molecule has 1 aromatic rings. The smallest absolute Gasteiger partial charge is 0.251 e. The van der Waals surface area contributed by atoms with Crippen LogP contribution in [0.1, 0.15) is 43.0 Å². The van der Waals surface area contributed by atoms with E-state index in [9.17, 15) is 4.79 Å². The van der Waals surface area contributed by atoms with E-state index in [-0.39, 0.29) is 5.56 Å². The summed E-state index contributed by atoms with van der Waals surface area (Å²) in [5.74, 6) is 0. The van der Waals surface area contributed by atoms with Crippen molar-refractivity contribution in [3.8, 4) is 0 Å². The summed E-state index contributed by atoms with van der Waals surface area (Å²) in [4.78, 5) is 14.7. The van der Waals surface area contributed by atoms with E-state index in [1.54, 1.807) is 0 Å². The number of rotatable bonds is 2. The van der Waals surface area contributed by atoms with Crippen molar-refractivity contribution in [3.05, 3.63) is 33.2 Å². The minimum absolute atomic E-state index is 0.158. The normalized spacial score (nSPS) is 15.2. The third kappa shape index (κ3) is 1.74. The van der Waals surface area contributed by atoms with Gasteiger partial charge in [-0.25, -0.2) is 0 Å². The van der Waals surface area contributed by atoms with Gasteiger partial charge in [0.15, 0.2) is 0 Å². The fourth-order valence-electron chi connectivity index (χ4n) is 2.22. The predicted octanol–water partition coefficient (Wildman–Crippen LogP) is 2.21. The van der Waals surface area contributed by atoms with Gasteiger partial charge < -0.3 is 4.98 Å². The number of aromatic nitrogens is 1. The third-order valence-electron chi connectivity index (χ3n) is 2.93. The Labute approximate surface area is 84.4 Å². The monoisotopic (exact) mass is 191 g/mol. The molecule has 0 saturated carbocycles. The van der Waals surface area contributed by atoms with Crippen molar-refractivity contribution in [3.63, 3.8) is 0 Å². The molecule has 0 unspecified atom stereocenters. The Morgan fingerprint density at radius 1 is 1.36 bits per heavy atom. The fourth-order valence-corrected chi connectivity index (χ4v) is 2.22. The number of fused-ring (bicyclic) bond motifs is 1. The number of aromatic amines is 1. The zero-order valence-corrected chi connectivity index (χ0v) is 8.73. The molecule has 2 rings (SSSR count). The Bertz CT molecular complexity index is 378. The van der Waals surface area contributed by atoms with Crippen LogP contribution >= 0.6 is 0 Å². The molecule has 0 fully saturated rings. The van der Waals surface area contributed by atoms with Crippen LogP contribution in [0.4, 0.5) is 0 Å². The molecule has 1 N–H and O–H groups in total. The molecule has 1 aliphatic rings. The Hall–Kier alpha value is -1.05. The lowest BCUT2D eigenvalue weighted by Crippen LogP contribution is -2.20. The molecular weight excluding hydrogens is 174 g/mol. The minimum Gasteiger partial charge on any atom is -0.326 e. The average molecular weight is 191 g/mol. The van der Waals surface area contributed by atoms with Crippen molar-refractivity contribution in [2.75, 3.05) is 0 Å². The fraction of sp³-hybridized carbons (Fsp3) is 0.583. The first kappa shape index (κ1) is 9.50. The molecule has 0 saturated heterocycles. The summed E-state index contributed by atoms with van der Waals surface area (Å²) < 4.78 is 0. The Morgan fingerprint density at radius 3 is 2.93 bits per heavy atom. The summed E-state index contributed by atoms with van der Waals surface area (Å²) in [7, 11) is 0. The largest absolute Gasteiger partial charge is 0.326 e. The maximum Gasteiger partial charge on any atom is 0.251 e. The number of hydrogen-bond acceptors (Lipinski definition) is 1. The predicted molar refractivity (Wildman–Crippen MR) is 57.7 cm³/mol. The van der Waals surface area contributed by atoms with Gasteiger partial charge in [0.1, 0.15) is 0 Å². The van der Waals surface area contributed by atoms with E-state index in [1.807, 2.05) is 0 Å². The average Bonchev–Trinajstić information content (AvgIpc) is 2.18. The van der Waals surface area contributed by atoms with Crippen molar-refractivity contribution >= 4 is 0 Å². The molecule has 2 heteroatoms. The lowest BCUT2D eigenvalue weighted by molar-refractivity contribution is 0.672. The zero-order chi connectivity index (χ0) is 9.97. The number of H-pyrrole nitrogens is 1. The van der Waals surface area contributed by atoms with Gasteiger partial charge >= 0.3 is 0 Å². The molecule has 0 spiro atoms. The van der Waals surface area contributed by atoms with Gasteiger partial charge in [0.05, 0.1) is 0 Å². The van der Waals surface area contributed by atoms with Crippen LogP contribution in [-0.4, -0.2) is 4.98 Å². The quantitative estimate of drug-likeness (QED) is 0.763. The van der Waals surface area contributed by atoms with Crippen molar-refractivity contribution in [1.82, 2.24) is 4.98 Å². The number of nitrogens with one attached hydrogen (secondary N) is 1. The van der Waals surface area contributed by atoms with Crippen LogP contribution in [0.25, 0.3) is 0 Å². The second-order valence-corrected chi connectivity index (χ2v) is 4.08. The van der Waals surface area contributed by atoms with E-state index in [4.69, 9.17) is 0 Å². The second kappa shape index (κ2) is 3.99. The molecule has 1 aromatic heterocycles. The van der Waals surface area contributed by atoms with Crippen LogP contribution in [0.5, 0.6) is 0 Å². The SMILES string of the molecule is CCCc1cc2c(c(=O)[nH]1)CCCC2. The van der Waals surface area contributed by atoms with E-state index in [1.165, 1.54) is 18.4 Å². The molecule has 0 amide bonds. The molecule has 1 aliphatic carbocycles. The summed E-state index contributed by atoms with van der Waals surface area (Å²) in [5.41, 5.74) is 3.60. The molecule has 14 heavy (non-hydrogen) atoms. The van der Waals surface area contributed by atoms with Crippen LogP contribution in [-0.2, 0) is 19.3 Å². The van der Waals surface area contributed by atoms with Gasteiger partial charge in [0.2, 0.25) is 0 Å². The summed E-state index contributed by atoms with van der Waals surface area (Å²) in [6.07, 6.45) is 6.55. The van der Waals surface area contributed by atoms with Gasteiger partial charge in [0.25, 0.3) is 5.56 Å². The van der Waals surface area contributed by atoms with Crippen LogP contribution in [0.15, 0.2) is 10.9 Å².